The number of nitrogens with two attached hydrogens (primary N) is 1. The predicted octanol–water partition coefficient (Wildman–Crippen LogP) is 2.53. The summed E-state index contributed by atoms with van der Waals surface area (Å²) in [5.41, 5.74) is 7.88. The fourth-order valence-corrected chi connectivity index (χ4v) is 1.82. The van der Waals surface area contributed by atoms with E-state index in [0.29, 0.717) is 12.3 Å². The summed E-state index contributed by atoms with van der Waals surface area (Å²) in [7, 11) is 1.70. The summed E-state index contributed by atoms with van der Waals surface area (Å²) in [4.78, 5) is 2.19. The molecule has 0 aliphatic carbocycles. The second-order valence-corrected chi connectivity index (χ2v) is 4.43. The number of ether oxygens (including phenoxy) is 2. The van der Waals surface area contributed by atoms with Gasteiger partial charge in [0.15, 0.2) is 0 Å². The Balaban J connectivity index is 2.93. The van der Waals surface area contributed by atoms with Crippen LogP contribution in [0, 0.1) is 0 Å². The van der Waals surface area contributed by atoms with E-state index >= 15 is 0 Å². The molecule has 0 spiro atoms. The van der Waals surface area contributed by atoms with Crippen molar-refractivity contribution in [1.29, 1.82) is 0 Å². The molecule has 0 unspecified atom stereocenters. The zero-order valence-corrected chi connectivity index (χ0v) is 11.8. The third kappa shape index (κ3) is 3.81. The van der Waals surface area contributed by atoms with Gasteiger partial charge in [0.2, 0.25) is 0 Å². The van der Waals surface area contributed by atoms with Crippen LogP contribution in [0.4, 0.5) is 11.4 Å². The Kier molecular flexibility index (Phi) is 5.78. The van der Waals surface area contributed by atoms with Crippen LogP contribution < -0.4 is 15.4 Å². The molecule has 0 amide bonds. The highest BCUT2D eigenvalue weighted by Gasteiger charge is 2.12. The number of rotatable bonds is 7. The van der Waals surface area contributed by atoms with Gasteiger partial charge in [-0.3, -0.25) is 0 Å². The first-order valence-electron chi connectivity index (χ1n) is 6.39. The highest BCUT2D eigenvalue weighted by molar-refractivity contribution is 5.74. The third-order valence-electron chi connectivity index (χ3n) is 2.69. The van der Waals surface area contributed by atoms with Gasteiger partial charge in [-0.25, -0.2) is 0 Å². The first kappa shape index (κ1) is 14.6. The predicted molar refractivity (Wildman–Crippen MR) is 76.4 cm³/mol. The Bertz CT molecular complexity index is 367. The molecule has 0 radical (unpaired) electrons. The molecule has 4 nitrogen and oxygen atoms in total. The normalized spacial score (nSPS) is 10.7. The van der Waals surface area contributed by atoms with Crippen LogP contribution in [0.2, 0.25) is 0 Å². The van der Waals surface area contributed by atoms with E-state index in [9.17, 15) is 0 Å². The van der Waals surface area contributed by atoms with Crippen LogP contribution in [0.5, 0.6) is 5.75 Å². The lowest BCUT2D eigenvalue weighted by atomic mass is 10.2. The maximum atomic E-state index is 6.17. The SMILES string of the molecule is CCN(CCOC)c1cccc(OC(C)C)c1N. The number of nitrogens with zero attached hydrogens (tertiary/aromatic N) is 1. The van der Waals surface area contributed by atoms with Crippen LogP contribution in [0.1, 0.15) is 20.8 Å². The Labute approximate surface area is 110 Å². The van der Waals surface area contributed by atoms with Crippen LogP contribution in [0.3, 0.4) is 0 Å². The molecule has 0 saturated carbocycles. The van der Waals surface area contributed by atoms with E-state index in [2.05, 4.69) is 11.8 Å². The first-order valence-corrected chi connectivity index (χ1v) is 6.39. The summed E-state index contributed by atoms with van der Waals surface area (Å²) in [6, 6.07) is 5.89. The van der Waals surface area contributed by atoms with Crippen molar-refractivity contribution in [2.45, 2.75) is 26.9 Å². The van der Waals surface area contributed by atoms with Crippen molar-refractivity contribution >= 4 is 11.4 Å². The molecule has 1 rings (SSSR count). The summed E-state index contributed by atoms with van der Waals surface area (Å²) in [6.07, 6.45) is 0.122. The lowest BCUT2D eigenvalue weighted by Gasteiger charge is -2.25. The van der Waals surface area contributed by atoms with Crippen LogP contribution >= 0.6 is 0 Å². The summed E-state index contributed by atoms with van der Waals surface area (Å²) in [5, 5.41) is 0. The third-order valence-corrected chi connectivity index (χ3v) is 2.69. The van der Waals surface area contributed by atoms with Crippen molar-refractivity contribution in [2.75, 3.05) is 37.4 Å². The van der Waals surface area contributed by atoms with Crippen LogP contribution in [-0.4, -0.2) is 32.9 Å². The van der Waals surface area contributed by atoms with Crippen molar-refractivity contribution in [2.24, 2.45) is 0 Å². The maximum absolute atomic E-state index is 6.17. The van der Waals surface area contributed by atoms with Crippen molar-refractivity contribution in [3.63, 3.8) is 0 Å². The molecular weight excluding hydrogens is 228 g/mol. The van der Waals surface area contributed by atoms with Gasteiger partial charge in [-0.2, -0.15) is 0 Å². The number of benzene rings is 1. The minimum Gasteiger partial charge on any atom is -0.489 e. The molecule has 1 aromatic carbocycles. The topological polar surface area (TPSA) is 47.7 Å². The van der Waals surface area contributed by atoms with Gasteiger partial charge < -0.3 is 20.1 Å². The molecule has 18 heavy (non-hydrogen) atoms. The molecule has 102 valence electrons. The molecule has 0 aliphatic rings. The summed E-state index contributed by atoms with van der Waals surface area (Å²) in [5.74, 6) is 0.748. The van der Waals surface area contributed by atoms with Gasteiger partial charge >= 0.3 is 0 Å². The molecule has 0 aromatic heterocycles. The number of likely N-dealkylation sites (N-methyl/N-ethyl adjacent to an activating group) is 1. The van der Waals surface area contributed by atoms with Crippen molar-refractivity contribution < 1.29 is 9.47 Å². The van der Waals surface area contributed by atoms with E-state index in [1.807, 2.05) is 32.0 Å². The molecule has 0 fully saturated rings. The lowest BCUT2D eigenvalue weighted by Crippen LogP contribution is -2.27. The van der Waals surface area contributed by atoms with Crippen LogP contribution in [0.15, 0.2) is 18.2 Å². The van der Waals surface area contributed by atoms with E-state index in [4.69, 9.17) is 15.2 Å². The standard InChI is InChI=1S/C14H24N2O2/c1-5-16(9-10-17-4)12-7-6-8-13(14(12)15)18-11(2)3/h6-8,11H,5,9-10,15H2,1-4H3. The molecule has 0 bridgehead atoms. The quantitative estimate of drug-likeness (QED) is 0.758. The van der Waals surface area contributed by atoms with Crippen molar-refractivity contribution in [3.05, 3.63) is 18.2 Å². The van der Waals surface area contributed by atoms with Gasteiger partial charge in [-0.05, 0) is 32.9 Å². The fourth-order valence-electron chi connectivity index (χ4n) is 1.82. The molecule has 4 heteroatoms. The summed E-state index contributed by atoms with van der Waals surface area (Å²) < 4.78 is 10.8. The van der Waals surface area contributed by atoms with E-state index < -0.39 is 0 Å². The van der Waals surface area contributed by atoms with Crippen molar-refractivity contribution in [1.82, 2.24) is 0 Å². The highest BCUT2D eigenvalue weighted by atomic mass is 16.5. The Morgan fingerprint density at radius 2 is 2.06 bits per heavy atom. The van der Waals surface area contributed by atoms with E-state index in [-0.39, 0.29) is 6.10 Å². The van der Waals surface area contributed by atoms with Gasteiger partial charge in [0, 0.05) is 20.2 Å². The van der Waals surface area contributed by atoms with Gasteiger partial charge in [0.25, 0.3) is 0 Å². The van der Waals surface area contributed by atoms with Gasteiger partial charge in [0.1, 0.15) is 5.75 Å². The minimum absolute atomic E-state index is 0.122. The number of para-hydroxylation sites is 1. The Morgan fingerprint density at radius 1 is 1.33 bits per heavy atom. The first-order chi connectivity index (χ1) is 8.60. The summed E-state index contributed by atoms with van der Waals surface area (Å²) >= 11 is 0. The molecule has 0 saturated heterocycles. The molecule has 0 atom stereocenters. The van der Waals surface area contributed by atoms with E-state index in [1.54, 1.807) is 7.11 Å². The Hall–Kier alpha value is -1.42. The van der Waals surface area contributed by atoms with Gasteiger partial charge in [-0.15, -0.1) is 0 Å². The molecule has 0 heterocycles. The number of nitrogen functional groups attached to an aromatic ring is 1. The van der Waals surface area contributed by atoms with E-state index in [0.717, 1.165) is 24.5 Å². The van der Waals surface area contributed by atoms with Gasteiger partial charge in [0.05, 0.1) is 24.1 Å². The van der Waals surface area contributed by atoms with E-state index in [1.165, 1.54) is 0 Å². The summed E-state index contributed by atoms with van der Waals surface area (Å²) in [6.45, 7) is 8.48. The lowest BCUT2D eigenvalue weighted by molar-refractivity contribution is 0.205. The molecule has 0 aliphatic heterocycles. The van der Waals surface area contributed by atoms with Crippen LogP contribution in [0.25, 0.3) is 0 Å². The molecule has 1 aromatic rings. The number of hydrogen-bond donors (Lipinski definition) is 1. The molecular formula is C14H24N2O2. The largest absolute Gasteiger partial charge is 0.489 e. The molecule has 2 N–H and O–H groups in total. The number of methoxy groups -OCH3 is 1. The number of hydrogen-bond acceptors (Lipinski definition) is 4. The highest BCUT2D eigenvalue weighted by Crippen LogP contribution is 2.32. The zero-order chi connectivity index (χ0) is 13.5. The maximum Gasteiger partial charge on any atom is 0.144 e. The minimum atomic E-state index is 0.122. The Morgan fingerprint density at radius 3 is 2.61 bits per heavy atom. The number of anilines is 2. The smallest absolute Gasteiger partial charge is 0.144 e. The zero-order valence-electron chi connectivity index (χ0n) is 11.8. The van der Waals surface area contributed by atoms with Crippen LogP contribution in [-0.2, 0) is 4.74 Å². The van der Waals surface area contributed by atoms with Crippen molar-refractivity contribution in [3.8, 4) is 5.75 Å². The average molecular weight is 252 g/mol. The van der Waals surface area contributed by atoms with Gasteiger partial charge in [-0.1, -0.05) is 6.07 Å². The second-order valence-electron chi connectivity index (χ2n) is 4.43. The average Bonchev–Trinajstić information content (AvgIpc) is 2.33. The second kappa shape index (κ2) is 7.11. The monoisotopic (exact) mass is 252 g/mol. The fraction of sp³-hybridized carbons (Fsp3) is 0.571.